The van der Waals surface area contributed by atoms with Crippen molar-refractivity contribution in [3.05, 3.63) is 70.3 Å². The molecule has 0 atom stereocenters. The molecular formula is C24H25NO3. The standard InChI is InChI=1S/C24H25NO3/c1-14(2)18-9-7-10-19(15(3)4)22(18)25-23(27)20-11-6-8-17(13-12-16(5)26)21(20)24(25)28/h6-15H,1-5H3. The third-order valence-corrected chi connectivity index (χ3v) is 5.01. The molecule has 4 nitrogen and oxygen atoms in total. The van der Waals surface area contributed by atoms with Gasteiger partial charge >= 0.3 is 0 Å². The number of fused-ring (bicyclic) bond motifs is 1. The van der Waals surface area contributed by atoms with E-state index >= 15 is 0 Å². The molecule has 4 heteroatoms. The van der Waals surface area contributed by atoms with Gasteiger partial charge in [-0.2, -0.15) is 0 Å². The van der Waals surface area contributed by atoms with Gasteiger partial charge in [0.2, 0.25) is 0 Å². The summed E-state index contributed by atoms with van der Waals surface area (Å²) in [5, 5.41) is 0. The summed E-state index contributed by atoms with van der Waals surface area (Å²) >= 11 is 0. The summed E-state index contributed by atoms with van der Waals surface area (Å²) in [5.41, 5.74) is 3.96. The first-order valence-corrected chi connectivity index (χ1v) is 9.57. The lowest BCUT2D eigenvalue weighted by Crippen LogP contribution is -2.32. The van der Waals surface area contributed by atoms with Gasteiger partial charge in [0.05, 0.1) is 16.8 Å². The van der Waals surface area contributed by atoms with Gasteiger partial charge in [0, 0.05) is 0 Å². The molecule has 0 aliphatic carbocycles. The molecule has 2 aromatic rings. The van der Waals surface area contributed by atoms with Gasteiger partial charge in [-0.15, -0.1) is 0 Å². The first-order chi connectivity index (χ1) is 13.2. The molecule has 0 saturated heterocycles. The van der Waals surface area contributed by atoms with Crippen molar-refractivity contribution in [2.75, 3.05) is 4.90 Å². The Morgan fingerprint density at radius 2 is 1.46 bits per heavy atom. The number of anilines is 1. The highest BCUT2D eigenvalue weighted by Gasteiger charge is 2.40. The second kappa shape index (κ2) is 7.55. The number of benzene rings is 2. The van der Waals surface area contributed by atoms with Gasteiger partial charge in [-0.3, -0.25) is 14.4 Å². The van der Waals surface area contributed by atoms with Crippen LogP contribution < -0.4 is 4.90 Å². The average molecular weight is 375 g/mol. The summed E-state index contributed by atoms with van der Waals surface area (Å²) in [6.45, 7) is 9.68. The van der Waals surface area contributed by atoms with Crippen LogP contribution in [0.15, 0.2) is 42.5 Å². The molecule has 0 spiro atoms. The van der Waals surface area contributed by atoms with Crippen molar-refractivity contribution in [2.45, 2.75) is 46.5 Å². The highest BCUT2D eigenvalue weighted by atomic mass is 16.2. The van der Waals surface area contributed by atoms with Gasteiger partial charge in [-0.25, -0.2) is 4.90 Å². The number of carbonyl (C=O) groups excluding carboxylic acids is 3. The largest absolute Gasteiger partial charge is 0.295 e. The minimum absolute atomic E-state index is 0.113. The van der Waals surface area contributed by atoms with Crippen LogP contribution in [0.5, 0.6) is 0 Å². The fourth-order valence-corrected chi connectivity index (χ4v) is 3.63. The van der Waals surface area contributed by atoms with Crippen LogP contribution in [-0.4, -0.2) is 17.6 Å². The summed E-state index contributed by atoms with van der Waals surface area (Å²) < 4.78 is 0. The van der Waals surface area contributed by atoms with Crippen LogP contribution in [0.4, 0.5) is 5.69 Å². The number of carbonyl (C=O) groups is 3. The van der Waals surface area contributed by atoms with Crippen LogP contribution in [0.2, 0.25) is 0 Å². The molecule has 1 heterocycles. The Labute approximate surface area is 165 Å². The fourth-order valence-electron chi connectivity index (χ4n) is 3.63. The fraction of sp³-hybridized carbons (Fsp3) is 0.292. The highest BCUT2D eigenvalue weighted by molar-refractivity contribution is 6.35. The Balaban J connectivity index is 2.22. The van der Waals surface area contributed by atoms with Crippen LogP contribution in [0, 0.1) is 0 Å². The summed E-state index contributed by atoms with van der Waals surface area (Å²) in [6.07, 6.45) is 3.02. The molecule has 3 rings (SSSR count). The van der Waals surface area contributed by atoms with E-state index in [0.29, 0.717) is 22.4 Å². The number of ketones is 1. The van der Waals surface area contributed by atoms with Gasteiger partial charge < -0.3 is 0 Å². The van der Waals surface area contributed by atoms with Crippen molar-refractivity contribution in [3.8, 4) is 0 Å². The van der Waals surface area contributed by atoms with Gasteiger partial charge in [0.1, 0.15) is 0 Å². The van der Waals surface area contributed by atoms with Gasteiger partial charge in [0.15, 0.2) is 5.78 Å². The van der Waals surface area contributed by atoms with E-state index in [2.05, 4.69) is 27.7 Å². The molecule has 0 bridgehead atoms. The lowest BCUT2D eigenvalue weighted by Gasteiger charge is -2.25. The lowest BCUT2D eigenvalue weighted by atomic mass is 9.92. The molecule has 144 valence electrons. The van der Waals surface area contributed by atoms with Crippen LogP contribution in [0.25, 0.3) is 6.08 Å². The predicted molar refractivity (Wildman–Crippen MR) is 112 cm³/mol. The third-order valence-electron chi connectivity index (χ3n) is 5.01. The highest BCUT2D eigenvalue weighted by Crippen LogP contribution is 2.40. The lowest BCUT2D eigenvalue weighted by molar-refractivity contribution is -0.112. The van der Waals surface area contributed by atoms with E-state index in [1.54, 1.807) is 24.3 Å². The smallest absolute Gasteiger partial charge is 0.266 e. The van der Waals surface area contributed by atoms with Crippen LogP contribution >= 0.6 is 0 Å². The average Bonchev–Trinajstić information content (AvgIpc) is 2.90. The van der Waals surface area contributed by atoms with E-state index in [0.717, 1.165) is 11.1 Å². The maximum absolute atomic E-state index is 13.4. The number of para-hydroxylation sites is 1. The number of rotatable bonds is 5. The molecule has 1 aliphatic rings. The zero-order valence-corrected chi connectivity index (χ0v) is 16.9. The van der Waals surface area contributed by atoms with Crippen LogP contribution in [-0.2, 0) is 4.79 Å². The molecule has 0 aromatic heterocycles. The van der Waals surface area contributed by atoms with E-state index < -0.39 is 0 Å². The quantitative estimate of drug-likeness (QED) is 0.524. The Morgan fingerprint density at radius 3 is 2.00 bits per heavy atom. The molecule has 2 aromatic carbocycles. The maximum atomic E-state index is 13.4. The summed E-state index contributed by atoms with van der Waals surface area (Å²) in [4.78, 5) is 39.3. The number of nitrogens with zero attached hydrogens (tertiary/aromatic N) is 1. The van der Waals surface area contributed by atoms with Gasteiger partial charge in [0.25, 0.3) is 11.8 Å². The first-order valence-electron chi connectivity index (χ1n) is 9.57. The molecule has 0 fully saturated rings. The van der Waals surface area contributed by atoms with Crippen LogP contribution in [0.1, 0.15) is 83.9 Å². The van der Waals surface area contributed by atoms with Crippen molar-refractivity contribution in [2.24, 2.45) is 0 Å². The Bertz CT molecular complexity index is 973. The summed E-state index contributed by atoms with van der Waals surface area (Å²) in [7, 11) is 0. The van der Waals surface area contributed by atoms with Gasteiger partial charge in [-0.1, -0.05) is 64.1 Å². The zero-order chi connectivity index (χ0) is 20.6. The topological polar surface area (TPSA) is 54.5 Å². The van der Waals surface area contributed by atoms with Gasteiger partial charge in [-0.05, 0) is 47.6 Å². The number of imide groups is 1. The van der Waals surface area contributed by atoms with E-state index in [1.165, 1.54) is 17.9 Å². The molecule has 0 unspecified atom stereocenters. The molecule has 0 N–H and O–H groups in total. The van der Waals surface area contributed by atoms with Crippen molar-refractivity contribution >= 4 is 29.4 Å². The number of hydrogen-bond donors (Lipinski definition) is 0. The molecule has 28 heavy (non-hydrogen) atoms. The monoisotopic (exact) mass is 375 g/mol. The number of amides is 2. The minimum atomic E-state index is -0.334. The molecule has 0 saturated carbocycles. The Kier molecular flexibility index (Phi) is 5.32. The second-order valence-corrected chi connectivity index (χ2v) is 7.75. The van der Waals surface area contributed by atoms with Crippen molar-refractivity contribution in [1.29, 1.82) is 0 Å². The second-order valence-electron chi connectivity index (χ2n) is 7.75. The third kappa shape index (κ3) is 3.31. The van der Waals surface area contributed by atoms with Crippen molar-refractivity contribution in [1.82, 2.24) is 0 Å². The number of hydrogen-bond acceptors (Lipinski definition) is 3. The summed E-state index contributed by atoms with van der Waals surface area (Å²) in [6, 6.07) is 11.1. The predicted octanol–water partition coefficient (Wildman–Crippen LogP) is 5.34. The van der Waals surface area contributed by atoms with E-state index in [1.807, 2.05) is 18.2 Å². The molecule has 1 aliphatic heterocycles. The molecule has 0 radical (unpaired) electrons. The van der Waals surface area contributed by atoms with E-state index in [-0.39, 0.29) is 29.4 Å². The Hall–Kier alpha value is -3.01. The van der Waals surface area contributed by atoms with E-state index in [9.17, 15) is 14.4 Å². The normalized spacial score (nSPS) is 13.9. The maximum Gasteiger partial charge on any atom is 0.266 e. The molecule has 2 amide bonds. The van der Waals surface area contributed by atoms with Crippen molar-refractivity contribution in [3.63, 3.8) is 0 Å². The van der Waals surface area contributed by atoms with E-state index in [4.69, 9.17) is 0 Å². The summed E-state index contributed by atoms with van der Waals surface area (Å²) in [5.74, 6) is -0.435. The van der Waals surface area contributed by atoms with Crippen LogP contribution in [0.3, 0.4) is 0 Å². The van der Waals surface area contributed by atoms with Crippen molar-refractivity contribution < 1.29 is 14.4 Å². The first kappa shape index (κ1) is 19.7. The number of allylic oxidation sites excluding steroid dienone is 1. The molecular weight excluding hydrogens is 350 g/mol. The zero-order valence-electron chi connectivity index (χ0n) is 16.9. The minimum Gasteiger partial charge on any atom is -0.295 e. The SMILES string of the molecule is CC(=O)C=Cc1cccc2c1C(=O)N(c1c(C(C)C)cccc1C(C)C)C2=O. The Morgan fingerprint density at radius 1 is 0.893 bits per heavy atom.